The molecule has 2 aromatic rings. The highest BCUT2D eigenvalue weighted by molar-refractivity contribution is 5.89. The molecule has 3 aliphatic rings. The molecule has 7 nitrogen and oxygen atoms in total. The van der Waals surface area contributed by atoms with Gasteiger partial charge in [-0.3, -0.25) is 4.90 Å². The number of nitrogens with one attached hydrogen (secondary N) is 2. The fourth-order valence-corrected chi connectivity index (χ4v) is 7.14. The number of benzene rings is 2. The van der Waals surface area contributed by atoms with Gasteiger partial charge in [-0.2, -0.15) is 13.2 Å². The maximum Gasteiger partial charge on any atom is 0.416 e. The third-order valence-corrected chi connectivity index (χ3v) is 9.23. The number of alkyl halides is 3. The Labute approximate surface area is 238 Å². The van der Waals surface area contributed by atoms with Crippen LogP contribution in [0.15, 0.2) is 36.4 Å². The fourth-order valence-electron chi connectivity index (χ4n) is 7.14. The van der Waals surface area contributed by atoms with Gasteiger partial charge in [-0.25, -0.2) is 9.18 Å². The average Bonchev–Trinajstić information content (AvgIpc) is 3.32. The van der Waals surface area contributed by atoms with Crippen molar-refractivity contribution in [3.63, 3.8) is 0 Å². The number of halogens is 4. The van der Waals surface area contributed by atoms with E-state index in [2.05, 4.69) is 39.6 Å². The van der Waals surface area contributed by atoms with E-state index >= 15 is 0 Å². The molecular weight excluding hydrogens is 540 g/mol. The van der Waals surface area contributed by atoms with Crippen LogP contribution in [0.4, 0.5) is 28.0 Å². The lowest BCUT2D eigenvalue weighted by molar-refractivity contribution is -0.137. The van der Waals surface area contributed by atoms with Gasteiger partial charge in [-0.15, -0.1) is 0 Å². The lowest BCUT2D eigenvalue weighted by Crippen LogP contribution is -2.56. The molecule has 0 bridgehead atoms. The third-order valence-electron chi connectivity index (χ3n) is 9.23. The number of nitrogens with zero attached hydrogens (tertiary/aromatic N) is 2. The van der Waals surface area contributed by atoms with Gasteiger partial charge in [0.25, 0.3) is 0 Å². The molecule has 0 radical (unpaired) electrons. The summed E-state index contributed by atoms with van der Waals surface area (Å²) >= 11 is 0. The van der Waals surface area contributed by atoms with E-state index in [4.69, 9.17) is 9.47 Å². The van der Waals surface area contributed by atoms with Crippen molar-refractivity contribution in [1.82, 2.24) is 15.1 Å². The second-order valence-corrected chi connectivity index (χ2v) is 11.6. The van der Waals surface area contributed by atoms with Crippen molar-refractivity contribution >= 4 is 11.7 Å². The zero-order valence-electron chi connectivity index (χ0n) is 23.7. The molecular formula is C30H38F4N4O3. The Morgan fingerprint density at radius 3 is 2.39 bits per heavy atom. The first kappa shape index (κ1) is 29.4. The first-order valence-electron chi connectivity index (χ1n) is 14.1. The minimum atomic E-state index is -4.72. The van der Waals surface area contributed by atoms with Gasteiger partial charge in [0, 0.05) is 29.2 Å². The van der Waals surface area contributed by atoms with Crippen molar-refractivity contribution in [2.45, 2.75) is 68.2 Å². The van der Waals surface area contributed by atoms with Crippen LogP contribution in [0.25, 0.3) is 0 Å². The molecule has 2 saturated heterocycles. The van der Waals surface area contributed by atoms with Crippen LogP contribution in [0.2, 0.25) is 0 Å². The normalized spacial score (nSPS) is 25.9. The zero-order chi connectivity index (χ0) is 29.4. The summed E-state index contributed by atoms with van der Waals surface area (Å²) in [4.78, 5) is 17.9. The molecule has 0 spiro atoms. The molecule has 41 heavy (non-hydrogen) atoms. The van der Waals surface area contributed by atoms with Gasteiger partial charge in [0.05, 0.1) is 19.8 Å². The number of carbonyl (C=O) groups is 1. The SMILES string of the molecule is COc1ccc([C@@]23CC[C@@H](NC(=O)Nc4cc(F)cc(C(F)(F)F)c4)C[C@@H]2N(C2CCN(C)CC2)CC3)cc1OC. The number of hydrogen-bond donors (Lipinski definition) is 2. The molecule has 2 aromatic carbocycles. The Hall–Kier alpha value is -3.05. The van der Waals surface area contributed by atoms with Gasteiger partial charge in [0.2, 0.25) is 0 Å². The lowest BCUT2D eigenvalue weighted by atomic mass is 9.65. The average molecular weight is 579 g/mol. The minimum Gasteiger partial charge on any atom is -0.493 e. The monoisotopic (exact) mass is 578 g/mol. The Kier molecular flexibility index (Phi) is 8.39. The smallest absolute Gasteiger partial charge is 0.416 e. The Morgan fingerprint density at radius 2 is 1.71 bits per heavy atom. The van der Waals surface area contributed by atoms with Crippen molar-refractivity contribution in [3.05, 3.63) is 53.3 Å². The highest BCUT2D eigenvalue weighted by atomic mass is 19.4. The number of piperidine rings is 1. The molecule has 3 atom stereocenters. The number of hydrogen-bond acceptors (Lipinski definition) is 5. The fraction of sp³-hybridized carbons (Fsp3) is 0.567. The number of likely N-dealkylation sites (tertiary alicyclic amines) is 2. The molecule has 2 heterocycles. The first-order valence-corrected chi connectivity index (χ1v) is 14.1. The van der Waals surface area contributed by atoms with E-state index in [0.29, 0.717) is 36.4 Å². The summed E-state index contributed by atoms with van der Waals surface area (Å²) in [5.41, 5.74) is -0.316. The van der Waals surface area contributed by atoms with E-state index in [-0.39, 0.29) is 23.2 Å². The second kappa shape index (κ2) is 11.7. The summed E-state index contributed by atoms with van der Waals surface area (Å²) in [7, 11) is 5.39. The number of rotatable bonds is 6. The molecule has 1 aliphatic carbocycles. The van der Waals surface area contributed by atoms with E-state index in [1.165, 1.54) is 5.56 Å². The van der Waals surface area contributed by atoms with Gasteiger partial charge in [-0.05, 0) is 101 Å². The summed E-state index contributed by atoms with van der Waals surface area (Å²) in [5, 5.41) is 5.38. The molecule has 224 valence electrons. The number of ether oxygens (including phenoxy) is 2. The topological polar surface area (TPSA) is 66.1 Å². The quantitative estimate of drug-likeness (QED) is 0.435. The number of carbonyl (C=O) groups excluding carboxylic acids is 1. The van der Waals surface area contributed by atoms with Gasteiger partial charge < -0.3 is 25.0 Å². The molecule has 0 aromatic heterocycles. The highest BCUT2D eigenvalue weighted by Gasteiger charge is 2.53. The number of amides is 2. The predicted octanol–water partition coefficient (Wildman–Crippen LogP) is 5.64. The van der Waals surface area contributed by atoms with Crippen molar-refractivity contribution in [3.8, 4) is 11.5 Å². The van der Waals surface area contributed by atoms with Crippen LogP contribution in [-0.2, 0) is 11.6 Å². The molecule has 1 saturated carbocycles. The first-order chi connectivity index (χ1) is 19.5. The minimum absolute atomic E-state index is 0.123. The van der Waals surface area contributed by atoms with Crippen LogP contribution < -0.4 is 20.1 Å². The number of methoxy groups -OCH3 is 2. The van der Waals surface area contributed by atoms with E-state index in [9.17, 15) is 22.4 Å². The van der Waals surface area contributed by atoms with Gasteiger partial charge in [0.15, 0.2) is 11.5 Å². The predicted molar refractivity (Wildman–Crippen MR) is 148 cm³/mol. The van der Waals surface area contributed by atoms with Crippen LogP contribution in [-0.4, -0.2) is 74.9 Å². The maximum atomic E-state index is 13.9. The molecule has 2 aliphatic heterocycles. The van der Waals surface area contributed by atoms with E-state index in [1.807, 2.05) is 6.07 Å². The summed E-state index contributed by atoms with van der Waals surface area (Å²) in [6.45, 7) is 3.03. The van der Waals surface area contributed by atoms with Gasteiger partial charge >= 0.3 is 12.2 Å². The van der Waals surface area contributed by atoms with Gasteiger partial charge in [0.1, 0.15) is 5.82 Å². The summed E-state index contributed by atoms with van der Waals surface area (Å²) in [6, 6.07) is 7.97. The van der Waals surface area contributed by atoms with E-state index in [0.717, 1.165) is 57.5 Å². The second-order valence-electron chi connectivity index (χ2n) is 11.6. The van der Waals surface area contributed by atoms with Crippen LogP contribution in [0.5, 0.6) is 11.5 Å². The number of fused-ring (bicyclic) bond motifs is 1. The van der Waals surface area contributed by atoms with Crippen LogP contribution in [0.1, 0.15) is 49.7 Å². The summed E-state index contributed by atoms with van der Waals surface area (Å²) in [5.74, 6) is 0.295. The number of urea groups is 1. The Balaban J connectivity index is 1.36. The molecule has 0 unspecified atom stereocenters. The Morgan fingerprint density at radius 1 is 0.976 bits per heavy atom. The molecule has 3 fully saturated rings. The molecule has 2 amide bonds. The zero-order valence-corrected chi connectivity index (χ0v) is 23.7. The maximum absolute atomic E-state index is 13.9. The third kappa shape index (κ3) is 6.11. The van der Waals surface area contributed by atoms with E-state index < -0.39 is 23.6 Å². The largest absolute Gasteiger partial charge is 0.493 e. The standard InChI is InChI=1S/C30H38F4N4O3/c1-37-11-7-24(8-12-37)38-13-10-29(19-4-5-25(40-2)26(16-19)41-3)9-6-22(18-27(29)38)35-28(39)36-23-15-20(30(32,33)34)14-21(31)17-23/h4-5,14-17,22,24,27H,6-13,18H2,1-3H3,(H2,35,36,39)/t22-,27+,29+/m1/s1. The van der Waals surface area contributed by atoms with Gasteiger partial charge in [-0.1, -0.05) is 6.07 Å². The summed E-state index contributed by atoms with van der Waals surface area (Å²) in [6.07, 6.45) is 0.665. The van der Waals surface area contributed by atoms with Crippen molar-refractivity contribution in [2.75, 3.05) is 46.2 Å². The van der Waals surface area contributed by atoms with Crippen LogP contribution >= 0.6 is 0 Å². The summed E-state index contributed by atoms with van der Waals surface area (Å²) < 4.78 is 64.4. The van der Waals surface area contributed by atoms with E-state index in [1.54, 1.807) is 14.2 Å². The van der Waals surface area contributed by atoms with Crippen molar-refractivity contribution in [1.29, 1.82) is 0 Å². The molecule has 2 N–H and O–H groups in total. The molecule has 11 heteroatoms. The van der Waals surface area contributed by atoms with Crippen molar-refractivity contribution in [2.24, 2.45) is 0 Å². The van der Waals surface area contributed by atoms with Crippen molar-refractivity contribution < 1.29 is 31.8 Å². The highest BCUT2D eigenvalue weighted by Crippen LogP contribution is 2.51. The van der Waals surface area contributed by atoms with Crippen LogP contribution in [0.3, 0.4) is 0 Å². The lowest BCUT2D eigenvalue weighted by Gasteiger charge is -2.48. The van der Waals surface area contributed by atoms with Crippen LogP contribution in [0, 0.1) is 5.82 Å². The Bertz CT molecular complexity index is 1250. The molecule has 5 rings (SSSR count). The number of anilines is 1.